The van der Waals surface area contributed by atoms with Gasteiger partial charge in [0.1, 0.15) is 0 Å². The molecule has 2 rings (SSSR count). The van der Waals surface area contributed by atoms with Gasteiger partial charge in [-0.05, 0) is 31.0 Å². The Bertz CT molecular complexity index is 591. The minimum absolute atomic E-state index is 0.0503. The molecule has 6 nitrogen and oxygen atoms in total. The minimum atomic E-state index is -0.914. The van der Waals surface area contributed by atoms with E-state index in [1.165, 1.54) is 0 Å². The summed E-state index contributed by atoms with van der Waals surface area (Å²) in [5.74, 6) is -1.49. The predicted molar refractivity (Wildman–Crippen MR) is 83.5 cm³/mol. The van der Waals surface area contributed by atoms with Crippen molar-refractivity contribution in [3.63, 3.8) is 0 Å². The van der Waals surface area contributed by atoms with Crippen LogP contribution in [0.5, 0.6) is 0 Å². The molecular formula is C15H17BrN2O4. The molecule has 1 aliphatic rings. The Morgan fingerprint density at radius 3 is 2.82 bits per heavy atom. The first-order valence-electron chi connectivity index (χ1n) is 7.02. The van der Waals surface area contributed by atoms with Crippen LogP contribution in [0.25, 0.3) is 0 Å². The number of likely N-dealkylation sites (tertiary alicyclic amines) is 1. The standard InChI is InChI=1S/C15H17BrN2O4/c16-11-4-1-3-10(7-11)15(22)17-9-13(19)18-6-2-5-12(18)8-14(20)21/h1,3-4,7,12H,2,5-6,8-9H2,(H,17,22)(H,20,21). The molecule has 1 saturated heterocycles. The van der Waals surface area contributed by atoms with Crippen molar-refractivity contribution in [2.45, 2.75) is 25.3 Å². The second-order valence-corrected chi connectivity index (χ2v) is 6.09. The Morgan fingerprint density at radius 2 is 2.14 bits per heavy atom. The molecule has 0 aliphatic carbocycles. The summed E-state index contributed by atoms with van der Waals surface area (Å²) < 4.78 is 0.785. The summed E-state index contributed by atoms with van der Waals surface area (Å²) in [4.78, 5) is 36.5. The van der Waals surface area contributed by atoms with Gasteiger partial charge in [0.25, 0.3) is 5.91 Å². The predicted octanol–water partition coefficient (Wildman–Crippen LogP) is 1.64. The summed E-state index contributed by atoms with van der Waals surface area (Å²) in [7, 11) is 0. The minimum Gasteiger partial charge on any atom is -0.481 e. The summed E-state index contributed by atoms with van der Waals surface area (Å²) in [6.45, 7) is 0.422. The Labute approximate surface area is 136 Å². The van der Waals surface area contributed by atoms with Crippen molar-refractivity contribution in [2.24, 2.45) is 0 Å². The number of carboxylic acid groups (broad SMARTS) is 1. The van der Waals surface area contributed by atoms with Gasteiger partial charge in [0.05, 0.1) is 13.0 Å². The van der Waals surface area contributed by atoms with Crippen molar-refractivity contribution in [2.75, 3.05) is 13.1 Å². The van der Waals surface area contributed by atoms with Gasteiger partial charge in [-0.1, -0.05) is 22.0 Å². The maximum absolute atomic E-state index is 12.1. The molecule has 0 saturated carbocycles. The lowest BCUT2D eigenvalue weighted by Gasteiger charge is -2.23. The van der Waals surface area contributed by atoms with Crippen LogP contribution in [0.1, 0.15) is 29.6 Å². The second-order valence-electron chi connectivity index (χ2n) is 5.17. The maximum atomic E-state index is 12.1. The van der Waals surface area contributed by atoms with Crippen molar-refractivity contribution in [3.8, 4) is 0 Å². The van der Waals surface area contributed by atoms with E-state index in [2.05, 4.69) is 21.2 Å². The van der Waals surface area contributed by atoms with Crippen LogP contribution in [0, 0.1) is 0 Å². The lowest BCUT2D eigenvalue weighted by atomic mass is 10.1. The Kier molecular flexibility index (Phi) is 5.54. The molecule has 22 heavy (non-hydrogen) atoms. The highest BCUT2D eigenvalue weighted by molar-refractivity contribution is 9.10. The van der Waals surface area contributed by atoms with E-state index in [1.54, 1.807) is 23.1 Å². The van der Waals surface area contributed by atoms with Crippen molar-refractivity contribution in [1.82, 2.24) is 10.2 Å². The Hall–Kier alpha value is -1.89. The highest BCUT2D eigenvalue weighted by Gasteiger charge is 2.30. The number of halogens is 1. The molecule has 2 amide bonds. The number of amides is 2. The molecule has 2 N–H and O–H groups in total. The van der Waals surface area contributed by atoms with E-state index in [9.17, 15) is 14.4 Å². The number of carbonyl (C=O) groups excluding carboxylic acids is 2. The molecule has 1 atom stereocenters. The maximum Gasteiger partial charge on any atom is 0.305 e. The van der Waals surface area contributed by atoms with E-state index in [0.29, 0.717) is 18.5 Å². The molecule has 1 aliphatic heterocycles. The third kappa shape index (κ3) is 4.30. The van der Waals surface area contributed by atoms with Crippen molar-refractivity contribution in [1.29, 1.82) is 0 Å². The van der Waals surface area contributed by atoms with Crippen molar-refractivity contribution in [3.05, 3.63) is 34.3 Å². The third-order valence-electron chi connectivity index (χ3n) is 3.59. The number of aliphatic carboxylic acids is 1. The normalized spacial score (nSPS) is 17.3. The molecule has 7 heteroatoms. The lowest BCUT2D eigenvalue weighted by Crippen LogP contribution is -2.43. The van der Waals surface area contributed by atoms with Gasteiger partial charge < -0.3 is 15.3 Å². The van der Waals surface area contributed by atoms with Crippen LogP contribution in [0.15, 0.2) is 28.7 Å². The number of hydrogen-bond donors (Lipinski definition) is 2. The fourth-order valence-corrected chi connectivity index (χ4v) is 2.97. The molecule has 1 heterocycles. The summed E-state index contributed by atoms with van der Waals surface area (Å²) in [5.41, 5.74) is 0.464. The monoisotopic (exact) mass is 368 g/mol. The smallest absolute Gasteiger partial charge is 0.305 e. The van der Waals surface area contributed by atoms with E-state index in [1.807, 2.05) is 6.07 Å². The van der Waals surface area contributed by atoms with Crippen molar-refractivity contribution >= 4 is 33.7 Å². The fraction of sp³-hybridized carbons (Fsp3) is 0.400. The van der Waals surface area contributed by atoms with Crippen LogP contribution in [-0.2, 0) is 9.59 Å². The molecule has 1 aromatic carbocycles. The van der Waals surface area contributed by atoms with Crippen LogP contribution in [-0.4, -0.2) is 46.9 Å². The Morgan fingerprint density at radius 1 is 1.36 bits per heavy atom. The molecule has 0 radical (unpaired) electrons. The highest BCUT2D eigenvalue weighted by Crippen LogP contribution is 2.20. The van der Waals surface area contributed by atoms with Crippen LogP contribution in [0.3, 0.4) is 0 Å². The van der Waals surface area contributed by atoms with E-state index in [4.69, 9.17) is 5.11 Å². The number of nitrogens with zero attached hydrogens (tertiary/aromatic N) is 1. The first-order chi connectivity index (χ1) is 10.5. The Balaban J connectivity index is 1.89. The first-order valence-corrected chi connectivity index (χ1v) is 7.81. The molecule has 1 aromatic rings. The van der Waals surface area contributed by atoms with E-state index >= 15 is 0 Å². The number of carbonyl (C=O) groups is 3. The van der Waals surface area contributed by atoms with Gasteiger partial charge in [0.2, 0.25) is 5.91 Å². The van der Waals surface area contributed by atoms with Gasteiger partial charge >= 0.3 is 5.97 Å². The number of hydrogen-bond acceptors (Lipinski definition) is 3. The van der Waals surface area contributed by atoms with Gasteiger partial charge in [-0.15, -0.1) is 0 Å². The van der Waals surface area contributed by atoms with Crippen LogP contribution < -0.4 is 5.32 Å². The summed E-state index contributed by atoms with van der Waals surface area (Å²) >= 11 is 3.28. The van der Waals surface area contributed by atoms with Gasteiger partial charge in [-0.3, -0.25) is 14.4 Å². The average molecular weight is 369 g/mol. The summed E-state index contributed by atoms with van der Waals surface area (Å²) in [6, 6.07) is 6.61. The zero-order chi connectivity index (χ0) is 16.1. The van der Waals surface area contributed by atoms with E-state index in [-0.39, 0.29) is 30.8 Å². The molecule has 0 aromatic heterocycles. The lowest BCUT2D eigenvalue weighted by molar-refractivity contribution is -0.139. The molecule has 0 spiro atoms. The number of rotatable bonds is 5. The molecule has 0 bridgehead atoms. The average Bonchev–Trinajstić information content (AvgIpc) is 2.91. The summed E-state index contributed by atoms with van der Waals surface area (Å²) in [5, 5.41) is 11.4. The van der Waals surface area contributed by atoms with Gasteiger partial charge in [0, 0.05) is 22.6 Å². The molecule has 118 valence electrons. The van der Waals surface area contributed by atoms with Gasteiger partial charge in [0.15, 0.2) is 0 Å². The van der Waals surface area contributed by atoms with Gasteiger partial charge in [-0.25, -0.2) is 0 Å². The zero-order valence-corrected chi connectivity index (χ0v) is 13.5. The topological polar surface area (TPSA) is 86.7 Å². The van der Waals surface area contributed by atoms with Crippen LogP contribution in [0.4, 0.5) is 0 Å². The van der Waals surface area contributed by atoms with E-state index in [0.717, 1.165) is 10.9 Å². The first kappa shape index (κ1) is 16.5. The molecule has 1 fully saturated rings. The quantitative estimate of drug-likeness (QED) is 0.826. The SMILES string of the molecule is O=C(O)CC1CCCN1C(=O)CNC(=O)c1cccc(Br)c1. The van der Waals surface area contributed by atoms with E-state index < -0.39 is 5.97 Å². The van der Waals surface area contributed by atoms with Crippen molar-refractivity contribution < 1.29 is 19.5 Å². The zero-order valence-electron chi connectivity index (χ0n) is 11.9. The van der Waals surface area contributed by atoms with Gasteiger partial charge in [-0.2, -0.15) is 0 Å². The fourth-order valence-electron chi connectivity index (χ4n) is 2.57. The highest BCUT2D eigenvalue weighted by atomic mass is 79.9. The molecule has 1 unspecified atom stereocenters. The third-order valence-corrected chi connectivity index (χ3v) is 4.09. The largest absolute Gasteiger partial charge is 0.481 e. The number of nitrogens with one attached hydrogen (secondary N) is 1. The summed E-state index contributed by atoms with van der Waals surface area (Å²) in [6.07, 6.45) is 1.44. The second kappa shape index (κ2) is 7.40. The molecular weight excluding hydrogens is 352 g/mol. The number of carboxylic acids is 1. The van der Waals surface area contributed by atoms with Crippen LogP contribution in [0.2, 0.25) is 0 Å². The van der Waals surface area contributed by atoms with Crippen LogP contribution >= 0.6 is 15.9 Å². The number of benzene rings is 1.